The summed E-state index contributed by atoms with van der Waals surface area (Å²) in [5.41, 5.74) is 8.07. The second-order valence-electron chi connectivity index (χ2n) is 8.84. The van der Waals surface area contributed by atoms with Crippen LogP contribution in [-0.4, -0.2) is 36.0 Å². The zero-order valence-corrected chi connectivity index (χ0v) is 20.4. The molecule has 4 rings (SSSR count). The third-order valence-corrected chi connectivity index (χ3v) is 6.45. The van der Waals surface area contributed by atoms with E-state index in [1.807, 2.05) is 4.57 Å². The van der Waals surface area contributed by atoms with E-state index in [1.165, 1.54) is 25.5 Å². The molecule has 2 heterocycles. The molecule has 3 aromatic rings. The summed E-state index contributed by atoms with van der Waals surface area (Å²) in [6.45, 7) is 6.82. The maximum absolute atomic E-state index is 14.5. The van der Waals surface area contributed by atoms with Crippen LogP contribution in [0.4, 0.5) is 14.6 Å². The quantitative estimate of drug-likeness (QED) is 0.362. The van der Waals surface area contributed by atoms with Crippen molar-refractivity contribution in [2.45, 2.75) is 32.4 Å². The Morgan fingerprint density at radius 1 is 1.25 bits per heavy atom. The average molecular weight is 495 g/mol. The molecule has 0 radical (unpaired) electrons. The van der Waals surface area contributed by atoms with Gasteiger partial charge in [0.2, 0.25) is 0 Å². The lowest BCUT2D eigenvalue weighted by molar-refractivity contribution is 0.339. The van der Waals surface area contributed by atoms with Crippen molar-refractivity contribution in [1.82, 2.24) is 20.2 Å². The Hall–Kier alpha value is -3.72. The zero-order chi connectivity index (χ0) is 25.5. The molecule has 0 amide bonds. The van der Waals surface area contributed by atoms with Crippen LogP contribution < -0.4 is 21.1 Å². The minimum absolute atomic E-state index is 0.165. The Kier molecular flexibility index (Phi) is 8.32. The highest BCUT2D eigenvalue weighted by Gasteiger charge is 2.19. The summed E-state index contributed by atoms with van der Waals surface area (Å²) in [7, 11) is 1.43. The Bertz CT molecular complexity index is 1230. The molecule has 7 nitrogen and oxygen atoms in total. The first-order valence-corrected chi connectivity index (χ1v) is 12.1. The van der Waals surface area contributed by atoms with Gasteiger partial charge in [-0.15, -0.1) is 0 Å². The minimum Gasteiger partial charge on any atom is -0.494 e. The third kappa shape index (κ3) is 6.09. The molecule has 0 spiro atoms. The van der Waals surface area contributed by atoms with Gasteiger partial charge < -0.3 is 25.7 Å². The van der Waals surface area contributed by atoms with Crippen molar-refractivity contribution in [3.8, 4) is 17.1 Å². The first-order valence-electron chi connectivity index (χ1n) is 12.1. The van der Waals surface area contributed by atoms with Gasteiger partial charge in [0, 0.05) is 24.2 Å². The predicted molar refractivity (Wildman–Crippen MR) is 139 cm³/mol. The fourth-order valence-electron chi connectivity index (χ4n) is 4.34. The highest BCUT2D eigenvalue weighted by Crippen LogP contribution is 2.29. The van der Waals surface area contributed by atoms with Crippen LogP contribution in [0, 0.1) is 17.6 Å². The van der Waals surface area contributed by atoms with Crippen LogP contribution >= 0.6 is 0 Å². The van der Waals surface area contributed by atoms with Crippen molar-refractivity contribution in [3.63, 3.8) is 0 Å². The monoisotopic (exact) mass is 494 g/mol. The average Bonchev–Trinajstić information content (AvgIpc) is 3.21. The number of piperidine rings is 1. The Labute approximate surface area is 210 Å². The number of rotatable bonds is 10. The zero-order valence-electron chi connectivity index (χ0n) is 20.4. The number of halogens is 2. The van der Waals surface area contributed by atoms with Gasteiger partial charge in [0.1, 0.15) is 29.0 Å². The van der Waals surface area contributed by atoms with E-state index in [0.29, 0.717) is 46.7 Å². The number of nitrogens with two attached hydrogens (primary N) is 1. The number of benzene rings is 2. The van der Waals surface area contributed by atoms with Gasteiger partial charge in [-0.1, -0.05) is 24.8 Å². The van der Waals surface area contributed by atoms with Crippen molar-refractivity contribution in [2.75, 3.05) is 25.9 Å². The van der Waals surface area contributed by atoms with E-state index in [1.54, 1.807) is 30.3 Å². The second-order valence-corrected chi connectivity index (χ2v) is 8.84. The number of imidazole rings is 1. The predicted octanol–water partition coefficient (Wildman–Crippen LogP) is 4.49. The first-order chi connectivity index (χ1) is 17.5. The topological polar surface area (TPSA) is 89.5 Å². The van der Waals surface area contributed by atoms with Crippen molar-refractivity contribution >= 4 is 12.0 Å². The number of aliphatic imine (C=N–C) groups is 1. The van der Waals surface area contributed by atoms with Gasteiger partial charge >= 0.3 is 0 Å². The summed E-state index contributed by atoms with van der Waals surface area (Å²) in [6, 6.07) is 11.3. The number of hydrogen-bond donors (Lipinski definition) is 3. The van der Waals surface area contributed by atoms with Crippen molar-refractivity contribution in [3.05, 3.63) is 77.8 Å². The third-order valence-electron chi connectivity index (χ3n) is 6.45. The maximum atomic E-state index is 14.5. The molecule has 1 saturated heterocycles. The number of nitrogens with one attached hydrogen (secondary N) is 2. The van der Waals surface area contributed by atoms with Gasteiger partial charge in [0.25, 0.3) is 0 Å². The molecule has 36 heavy (non-hydrogen) atoms. The molecule has 0 aliphatic carbocycles. The molecule has 0 atom stereocenters. The number of methoxy groups -OCH3 is 1. The summed E-state index contributed by atoms with van der Waals surface area (Å²) < 4.78 is 35.3. The summed E-state index contributed by atoms with van der Waals surface area (Å²) in [5, 5.41) is 6.38. The summed E-state index contributed by atoms with van der Waals surface area (Å²) in [5.74, 6) is 1.35. The van der Waals surface area contributed by atoms with E-state index in [4.69, 9.17) is 10.5 Å². The Balaban J connectivity index is 1.55. The summed E-state index contributed by atoms with van der Waals surface area (Å²) in [6.07, 6.45) is 4.70. The lowest BCUT2D eigenvalue weighted by atomic mass is 9.94. The van der Waals surface area contributed by atoms with E-state index >= 15 is 0 Å². The SMILES string of the molecule is C=C(N=Cc1nc(-c2ccc(OC)c(F)c2)n(CCC2CCNCC2)c1N)NCc1ccccc1F. The highest BCUT2D eigenvalue weighted by atomic mass is 19.1. The number of anilines is 1. The van der Waals surface area contributed by atoms with Gasteiger partial charge in [-0.25, -0.2) is 18.8 Å². The fourth-order valence-corrected chi connectivity index (χ4v) is 4.34. The largest absolute Gasteiger partial charge is 0.494 e. The molecule has 2 aromatic carbocycles. The van der Waals surface area contributed by atoms with Gasteiger partial charge in [-0.3, -0.25) is 0 Å². The van der Waals surface area contributed by atoms with E-state index in [2.05, 4.69) is 27.2 Å². The molecule has 9 heteroatoms. The molecule has 0 unspecified atom stereocenters. The lowest BCUT2D eigenvalue weighted by Crippen LogP contribution is -2.28. The van der Waals surface area contributed by atoms with E-state index in [-0.39, 0.29) is 18.1 Å². The molecular weight excluding hydrogens is 462 g/mol. The van der Waals surface area contributed by atoms with Crippen LogP contribution in [0.15, 0.2) is 59.9 Å². The minimum atomic E-state index is -0.470. The number of hydrogen-bond acceptors (Lipinski definition) is 6. The first kappa shape index (κ1) is 25.4. The van der Waals surface area contributed by atoms with E-state index in [0.717, 1.165) is 32.4 Å². The van der Waals surface area contributed by atoms with Gasteiger partial charge in [0.05, 0.1) is 13.3 Å². The molecule has 1 aromatic heterocycles. The molecule has 190 valence electrons. The van der Waals surface area contributed by atoms with Crippen LogP contribution in [0.25, 0.3) is 11.4 Å². The van der Waals surface area contributed by atoms with Gasteiger partial charge in [0.15, 0.2) is 11.6 Å². The second kappa shape index (κ2) is 11.8. The molecule has 1 aliphatic heterocycles. The van der Waals surface area contributed by atoms with Gasteiger partial charge in [-0.05, 0) is 62.5 Å². The molecule has 1 fully saturated rings. The molecule has 1 aliphatic rings. The van der Waals surface area contributed by atoms with E-state index < -0.39 is 5.82 Å². The van der Waals surface area contributed by atoms with Crippen LogP contribution in [-0.2, 0) is 13.1 Å². The lowest BCUT2D eigenvalue weighted by Gasteiger charge is -2.23. The standard InChI is InChI=1S/C27H32F2N6O/c1-18(32-16-21-5-3-4-6-22(21)28)33-17-24-26(30)35(14-11-19-9-12-31-13-10-19)27(34-24)20-7-8-25(36-2)23(29)15-20/h3-8,15,17,19,31-32H,1,9-14,16,30H2,2H3. The number of ether oxygens (including phenoxy) is 1. The number of aromatic nitrogens is 2. The summed E-state index contributed by atoms with van der Waals surface area (Å²) in [4.78, 5) is 9.02. The number of nitrogen functional groups attached to an aromatic ring is 1. The molecular formula is C27H32F2N6O. The molecule has 0 saturated carbocycles. The van der Waals surface area contributed by atoms with Crippen LogP contribution in [0.1, 0.15) is 30.5 Å². The smallest absolute Gasteiger partial charge is 0.165 e. The van der Waals surface area contributed by atoms with E-state index in [9.17, 15) is 8.78 Å². The van der Waals surface area contributed by atoms with Crippen molar-refractivity contribution < 1.29 is 13.5 Å². The van der Waals surface area contributed by atoms with Crippen molar-refractivity contribution in [2.24, 2.45) is 10.9 Å². The normalized spacial score (nSPS) is 14.3. The molecule has 4 N–H and O–H groups in total. The summed E-state index contributed by atoms with van der Waals surface area (Å²) >= 11 is 0. The van der Waals surface area contributed by atoms with Crippen LogP contribution in [0.5, 0.6) is 5.75 Å². The highest BCUT2D eigenvalue weighted by molar-refractivity contribution is 5.86. The van der Waals surface area contributed by atoms with Crippen LogP contribution in [0.3, 0.4) is 0 Å². The molecule has 0 bridgehead atoms. The number of nitrogens with zero attached hydrogens (tertiary/aromatic N) is 3. The van der Waals surface area contributed by atoms with Crippen LogP contribution in [0.2, 0.25) is 0 Å². The Morgan fingerprint density at radius 2 is 2.03 bits per heavy atom. The fraction of sp³-hybridized carbons (Fsp3) is 0.333. The maximum Gasteiger partial charge on any atom is 0.165 e. The van der Waals surface area contributed by atoms with Gasteiger partial charge in [-0.2, -0.15) is 0 Å². The van der Waals surface area contributed by atoms with Crippen molar-refractivity contribution in [1.29, 1.82) is 0 Å². The Morgan fingerprint density at radius 3 is 2.75 bits per heavy atom.